The summed E-state index contributed by atoms with van der Waals surface area (Å²) in [6.07, 6.45) is -3.00. The summed E-state index contributed by atoms with van der Waals surface area (Å²) in [5, 5.41) is 25.1. The Bertz CT molecular complexity index is 3190. The molecule has 1 atom stereocenters. The van der Waals surface area contributed by atoms with Gasteiger partial charge in [0.15, 0.2) is 11.7 Å². The van der Waals surface area contributed by atoms with Crippen molar-refractivity contribution in [3.8, 4) is 44.8 Å². The van der Waals surface area contributed by atoms with Gasteiger partial charge in [0, 0.05) is 66.8 Å². The molecular weight excluding hydrogens is 985 g/mol. The molecule has 1 aliphatic heterocycles. The monoisotopic (exact) mass is 1030 g/mol. The summed E-state index contributed by atoms with van der Waals surface area (Å²) in [6, 6.07) is 25.3. The van der Waals surface area contributed by atoms with Crippen molar-refractivity contribution in [3.63, 3.8) is 0 Å². The number of anilines is 2. The van der Waals surface area contributed by atoms with Crippen LogP contribution in [0.2, 0.25) is 0 Å². The summed E-state index contributed by atoms with van der Waals surface area (Å²) in [4.78, 5) is 40.8. The van der Waals surface area contributed by atoms with Crippen molar-refractivity contribution < 1.29 is 65.1 Å². The smallest absolute Gasteiger partial charge is 0.494 e. The van der Waals surface area contributed by atoms with Crippen molar-refractivity contribution in [2.45, 2.75) is 45.9 Å². The van der Waals surface area contributed by atoms with Gasteiger partial charge in [-0.2, -0.15) is 13.2 Å². The number of halogens is 6. The number of aromatic carboxylic acids is 2. The van der Waals surface area contributed by atoms with Crippen LogP contribution in [0.15, 0.2) is 116 Å². The highest BCUT2D eigenvalue weighted by Crippen LogP contribution is 2.37. The van der Waals surface area contributed by atoms with Gasteiger partial charge in [0.25, 0.3) is 0 Å². The van der Waals surface area contributed by atoms with E-state index in [1.54, 1.807) is 64.1 Å². The number of thiazole rings is 1. The van der Waals surface area contributed by atoms with Gasteiger partial charge in [0.05, 0.1) is 40.5 Å². The van der Waals surface area contributed by atoms with Crippen LogP contribution in [0.1, 0.15) is 41.2 Å². The summed E-state index contributed by atoms with van der Waals surface area (Å²) in [7, 11) is 0. The zero-order valence-electron chi connectivity index (χ0n) is 39.1. The van der Waals surface area contributed by atoms with Crippen LogP contribution >= 0.6 is 11.3 Å². The van der Waals surface area contributed by atoms with Crippen molar-refractivity contribution in [3.05, 3.63) is 127 Å². The third kappa shape index (κ3) is 12.9. The fourth-order valence-electron chi connectivity index (χ4n) is 8.30. The van der Waals surface area contributed by atoms with Gasteiger partial charge in [-0.25, -0.2) is 14.6 Å². The van der Waals surface area contributed by atoms with Crippen molar-refractivity contribution in [2.24, 2.45) is 5.92 Å². The van der Waals surface area contributed by atoms with E-state index >= 15 is 0 Å². The van der Waals surface area contributed by atoms with Crippen LogP contribution in [0, 0.1) is 5.92 Å². The molecule has 0 saturated carbocycles. The molecule has 0 bridgehead atoms. The first-order valence-corrected chi connectivity index (χ1v) is 23.6. The number of aromatic nitrogens is 5. The van der Waals surface area contributed by atoms with Crippen LogP contribution in [0.5, 0.6) is 23.0 Å². The number of rotatable bonds is 18. The van der Waals surface area contributed by atoms with E-state index < -0.39 is 31.1 Å². The Morgan fingerprint density at radius 3 is 1.97 bits per heavy atom. The van der Waals surface area contributed by atoms with Crippen molar-refractivity contribution in [1.82, 2.24) is 24.1 Å². The predicted octanol–water partition coefficient (Wildman–Crippen LogP) is 11.5. The molecule has 0 aliphatic carbocycles. The van der Waals surface area contributed by atoms with Crippen molar-refractivity contribution in [1.29, 1.82) is 0 Å². The van der Waals surface area contributed by atoms with E-state index in [4.69, 9.17) is 14.2 Å². The Morgan fingerprint density at radius 2 is 1.36 bits per heavy atom. The molecule has 9 rings (SSSR count). The van der Waals surface area contributed by atoms with Crippen LogP contribution in [-0.2, 0) is 13.1 Å². The van der Waals surface area contributed by atoms with E-state index in [9.17, 15) is 46.1 Å². The second-order valence-corrected chi connectivity index (χ2v) is 17.7. The first-order valence-electron chi connectivity index (χ1n) is 22.8. The number of carboxylic acid groups (broad SMARTS) is 2. The molecular formula is C51H47F6N7O8S. The Kier molecular flexibility index (Phi) is 15.6. The third-order valence-corrected chi connectivity index (χ3v) is 12.6. The molecule has 382 valence electrons. The lowest BCUT2D eigenvalue weighted by Crippen LogP contribution is -2.19. The molecule has 1 unspecified atom stereocenters. The molecule has 5 aromatic heterocycles. The van der Waals surface area contributed by atoms with Gasteiger partial charge in [-0.15, -0.1) is 13.2 Å². The van der Waals surface area contributed by atoms with Crippen LogP contribution in [0.4, 0.5) is 37.2 Å². The number of benzene rings is 3. The standard InChI is InChI=1S/C26H24F3N3O4.C25H23F3N4O4S/c1-2-35-20-5-3-4-17(14-20)24-21-15-23(25(33)34)32(22(21)10-11-31-24)13-12-30-18-6-8-19(9-7-18)36-16-26(27,28)29;1-15-7-9-31(14-15)24-30-13-21(37-24)22-18-12-20(23(33)34)32(19(18)6-8-29-22)10-11-35-16-2-4-17(5-3-16)36-25(26,27)28/h3-11,14-15,30H,2,12-13,16H2,1H3,(H,33,34);2-6,8,12-13,15H,7,9-11,14H2,1H3,(H,33,34). The highest BCUT2D eigenvalue weighted by molar-refractivity contribution is 7.19. The van der Waals surface area contributed by atoms with Crippen molar-refractivity contribution in [2.75, 3.05) is 49.7 Å². The predicted molar refractivity (Wildman–Crippen MR) is 262 cm³/mol. The minimum atomic E-state index is -4.77. The molecule has 0 amide bonds. The number of hydrogen-bond acceptors (Lipinski definition) is 12. The average Bonchev–Trinajstić information content (AvgIpc) is 4.17. The number of alkyl halides is 6. The highest BCUT2D eigenvalue weighted by atomic mass is 32.1. The number of carbonyl (C=O) groups is 2. The average molecular weight is 1030 g/mol. The van der Waals surface area contributed by atoms with Crippen LogP contribution < -0.4 is 29.2 Å². The van der Waals surface area contributed by atoms with Gasteiger partial charge in [0.2, 0.25) is 0 Å². The van der Waals surface area contributed by atoms with E-state index in [0.29, 0.717) is 70.5 Å². The lowest BCUT2D eigenvalue weighted by atomic mass is 10.1. The number of fused-ring (bicyclic) bond motifs is 2. The Morgan fingerprint density at radius 1 is 0.740 bits per heavy atom. The summed E-state index contributed by atoms with van der Waals surface area (Å²) in [5.74, 6) is -0.747. The SMILES string of the molecule is CC1CCN(c2ncc(-c3nccc4c3cc(C(=O)O)n4CCOc3ccc(OC(F)(F)F)cc3)s2)C1.CCOc1cccc(-c2nccc3c2cc(C(=O)O)n3CCNc2ccc(OCC(F)(F)F)cc2)c1. The molecule has 15 nitrogen and oxygen atoms in total. The van der Waals surface area contributed by atoms with E-state index in [1.807, 2.05) is 31.2 Å². The number of nitrogens with one attached hydrogen (secondary N) is 1. The molecule has 1 fully saturated rings. The molecule has 22 heteroatoms. The number of nitrogens with zero attached hydrogens (tertiary/aromatic N) is 6. The van der Waals surface area contributed by atoms with Crippen molar-refractivity contribution >= 4 is 55.9 Å². The Hall–Kier alpha value is -8.01. The van der Waals surface area contributed by atoms with Gasteiger partial charge in [-0.05, 0) is 104 Å². The maximum absolute atomic E-state index is 12.3. The molecule has 1 saturated heterocycles. The van der Waals surface area contributed by atoms with Gasteiger partial charge in [0.1, 0.15) is 41.0 Å². The minimum absolute atomic E-state index is 0.0832. The largest absolute Gasteiger partial charge is 0.573 e. The van der Waals surface area contributed by atoms with Crippen LogP contribution in [0.25, 0.3) is 43.6 Å². The quantitative estimate of drug-likeness (QED) is 0.0693. The number of carboxylic acids is 2. The fraction of sp³-hybridized carbons (Fsp3) is 0.275. The fourth-order valence-corrected chi connectivity index (χ4v) is 9.26. The lowest BCUT2D eigenvalue weighted by Gasteiger charge is -2.13. The first kappa shape index (κ1) is 51.3. The topological polar surface area (TPSA) is 175 Å². The van der Waals surface area contributed by atoms with Gasteiger partial charge < -0.3 is 48.5 Å². The van der Waals surface area contributed by atoms with Gasteiger partial charge >= 0.3 is 24.5 Å². The molecule has 0 radical (unpaired) electrons. The molecule has 3 aromatic carbocycles. The lowest BCUT2D eigenvalue weighted by molar-refractivity contribution is -0.274. The Labute approximate surface area is 417 Å². The second-order valence-electron chi connectivity index (χ2n) is 16.7. The van der Waals surface area contributed by atoms with Crippen LogP contribution in [-0.4, -0.2) is 98.2 Å². The number of hydrogen-bond donors (Lipinski definition) is 3. The molecule has 0 spiro atoms. The van der Waals surface area contributed by atoms with E-state index in [-0.39, 0.29) is 36.0 Å². The molecule has 73 heavy (non-hydrogen) atoms. The Balaban J connectivity index is 0.000000195. The van der Waals surface area contributed by atoms with Gasteiger partial charge in [-0.3, -0.25) is 9.97 Å². The zero-order valence-corrected chi connectivity index (χ0v) is 39.9. The van der Waals surface area contributed by atoms with E-state index in [2.05, 4.69) is 36.8 Å². The molecule has 3 N–H and O–H groups in total. The number of pyridine rings is 2. The van der Waals surface area contributed by atoms with Crippen LogP contribution in [0.3, 0.4) is 0 Å². The second kappa shape index (κ2) is 22.2. The molecule has 1 aliphatic rings. The summed E-state index contributed by atoms with van der Waals surface area (Å²) < 4.78 is 97.1. The van der Waals surface area contributed by atoms with E-state index in [1.165, 1.54) is 35.6 Å². The maximum atomic E-state index is 12.3. The van der Waals surface area contributed by atoms with E-state index in [0.717, 1.165) is 52.7 Å². The minimum Gasteiger partial charge on any atom is -0.494 e. The van der Waals surface area contributed by atoms with Gasteiger partial charge in [-0.1, -0.05) is 30.4 Å². The first-order chi connectivity index (χ1) is 34.9. The normalized spacial score (nSPS) is 13.7. The maximum Gasteiger partial charge on any atom is 0.573 e. The summed E-state index contributed by atoms with van der Waals surface area (Å²) >= 11 is 1.53. The third-order valence-electron chi connectivity index (χ3n) is 11.5. The molecule has 6 heterocycles. The number of ether oxygens (including phenoxy) is 4. The summed E-state index contributed by atoms with van der Waals surface area (Å²) in [5.41, 5.74) is 4.40. The highest BCUT2D eigenvalue weighted by Gasteiger charge is 2.31. The zero-order chi connectivity index (χ0) is 51.9. The molecule has 8 aromatic rings. The summed E-state index contributed by atoms with van der Waals surface area (Å²) in [6.45, 7) is 6.22.